The molecule has 0 atom stereocenters. The van der Waals surface area contributed by atoms with Crippen LogP contribution in [0.15, 0.2) is 41.5 Å². The molecular weight excluding hydrogens is 334 g/mol. The fourth-order valence-electron chi connectivity index (χ4n) is 2.32. The largest absolute Gasteiger partial charge is 0.490 e. The normalized spacial score (nSPS) is 11.1. The second-order valence-corrected chi connectivity index (χ2v) is 5.81. The molecular formula is C19H23N3O4. The minimum absolute atomic E-state index is 0.00975. The average molecular weight is 357 g/mol. The van der Waals surface area contributed by atoms with E-state index in [-0.39, 0.29) is 12.6 Å². The molecule has 138 valence electrons. The molecule has 0 heterocycles. The Kier molecular flexibility index (Phi) is 7.11. The predicted octanol–water partition coefficient (Wildman–Crippen LogP) is 1.84. The van der Waals surface area contributed by atoms with E-state index >= 15 is 0 Å². The summed E-state index contributed by atoms with van der Waals surface area (Å²) >= 11 is 0. The highest BCUT2D eigenvalue weighted by Gasteiger charge is 2.12. The monoisotopic (exact) mass is 357 g/mol. The summed E-state index contributed by atoms with van der Waals surface area (Å²) in [7, 11) is 1.51. The molecule has 0 aromatic heterocycles. The number of hydrazone groups is 1. The smallest absolute Gasteiger partial charge is 0.329 e. The zero-order chi connectivity index (χ0) is 18.9. The lowest BCUT2D eigenvalue weighted by Crippen LogP contribution is -2.39. The van der Waals surface area contributed by atoms with Crippen LogP contribution in [0.1, 0.15) is 19.4 Å². The number of amides is 2. The molecule has 2 amide bonds. The number of carbonyl (C=O) groups is 2. The zero-order valence-electron chi connectivity index (χ0n) is 15.1. The molecule has 2 aromatic rings. The van der Waals surface area contributed by atoms with Crippen LogP contribution in [0.4, 0.5) is 0 Å². The summed E-state index contributed by atoms with van der Waals surface area (Å²) in [6.07, 6.45) is 1.48. The maximum atomic E-state index is 11.7. The van der Waals surface area contributed by atoms with Crippen LogP contribution in [0.5, 0.6) is 5.75 Å². The molecule has 0 aliphatic rings. The van der Waals surface area contributed by atoms with E-state index in [0.717, 1.165) is 16.3 Å². The topological polar surface area (TPSA) is 89.0 Å². The summed E-state index contributed by atoms with van der Waals surface area (Å²) in [6, 6.07) is 11.6. The molecule has 7 nitrogen and oxygen atoms in total. The van der Waals surface area contributed by atoms with E-state index in [1.54, 1.807) is 0 Å². The third-order valence-electron chi connectivity index (χ3n) is 3.45. The van der Waals surface area contributed by atoms with Gasteiger partial charge in [-0.3, -0.25) is 9.59 Å². The highest BCUT2D eigenvalue weighted by Crippen LogP contribution is 2.27. The van der Waals surface area contributed by atoms with Crippen LogP contribution in [0.3, 0.4) is 0 Å². The van der Waals surface area contributed by atoms with Crippen LogP contribution in [0.25, 0.3) is 10.8 Å². The molecule has 0 saturated carbocycles. The number of nitrogens with zero attached hydrogens (tertiary/aromatic N) is 1. The van der Waals surface area contributed by atoms with Crippen LogP contribution in [-0.2, 0) is 14.3 Å². The van der Waals surface area contributed by atoms with E-state index in [0.29, 0.717) is 12.4 Å². The van der Waals surface area contributed by atoms with E-state index in [2.05, 4.69) is 15.8 Å². The van der Waals surface area contributed by atoms with Crippen molar-refractivity contribution in [3.05, 3.63) is 42.0 Å². The van der Waals surface area contributed by atoms with Gasteiger partial charge in [0, 0.05) is 19.2 Å². The van der Waals surface area contributed by atoms with Crippen molar-refractivity contribution in [1.29, 1.82) is 0 Å². The Labute approximate surface area is 152 Å². The van der Waals surface area contributed by atoms with Gasteiger partial charge in [0.1, 0.15) is 5.75 Å². The minimum Gasteiger partial charge on any atom is -0.490 e. The third-order valence-corrected chi connectivity index (χ3v) is 3.45. The predicted molar refractivity (Wildman–Crippen MR) is 100 cm³/mol. The molecule has 2 N–H and O–H groups in total. The Morgan fingerprint density at radius 2 is 1.92 bits per heavy atom. The summed E-state index contributed by atoms with van der Waals surface area (Å²) in [5, 5.41) is 8.30. The number of methoxy groups -OCH3 is 1. The molecule has 0 aliphatic heterocycles. The zero-order valence-corrected chi connectivity index (χ0v) is 15.1. The molecule has 0 aliphatic carbocycles. The van der Waals surface area contributed by atoms with Crippen molar-refractivity contribution in [2.75, 3.05) is 20.3 Å². The number of ether oxygens (including phenoxy) is 2. The van der Waals surface area contributed by atoms with Crippen molar-refractivity contribution in [1.82, 2.24) is 10.7 Å². The quantitative estimate of drug-likeness (QED) is 0.342. The Hall–Kier alpha value is -2.93. The van der Waals surface area contributed by atoms with Crippen LogP contribution in [-0.4, -0.2) is 44.4 Å². The van der Waals surface area contributed by atoms with Crippen molar-refractivity contribution in [2.24, 2.45) is 5.10 Å². The Morgan fingerprint density at radius 3 is 2.65 bits per heavy atom. The standard InChI is InChI=1S/C19H23N3O4/c1-13(2)26-17-9-8-14-6-4-5-7-15(14)16(17)12-21-22-19(24)18(23)20-10-11-25-3/h4-9,12-13H,10-11H2,1-3H3,(H,20,23)(H,22,24)/b21-12-. The van der Waals surface area contributed by atoms with Gasteiger partial charge in [-0.15, -0.1) is 0 Å². The summed E-state index contributed by atoms with van der Waals surface area (Å²) < 4.78 is 10.6. The lowest BCUT2D eigenvalue weighted by atomic mass is 10.0. The maximum Gasteiger partial charge on any atom is 0.329 e. The molecule has 0 fully saturated rings. The number of carbonyl (C=O) groups excluding carboxylic acids is 2. The highest BCUT2D eigenvalue weighted by atomic mass is 16.5. The highest BCUT2D eigenvalue weighted by molar-refractivity contribution is 6.35. The summed E-state index contributed by atoms with van der Waals surface area (Å²) in [4.78, 5) is 23.4. The first-order chi connectivity index (χ1) is 12.5. The van der Waals surface area contributed by atoms with Gasteiger partial charge >= 0.3 is 11.8 Å². The van der Waals surface area contributed by atoms with Gasteiger partial charge in [0.15, 0.2) is 0 Å². The van der Waals surface area contributed by atoms with E-state index in [4.69, 9.17) is 9.47 Å². The molecule has 0 saturated heterocycles. The van der Waals surface area contributed by atoms with E-state index in [1.165, 1.54) is 13.3 Å². The van der Waals surface area contributed by atoms with Crippen molar-refractivity contribution >= 4 is 28.8 Å². The lowest BCUT2D eigenvalue weighted by molar-refractivity contribution is -0.139. The van der Waals surface area contributed by atoms with E-state index in [9.17, 15) is 9.59 Å². The molecule has 7 heteroatoms. The molecule has 0 radical (unpaired) electrons. The molecule has 0 bridgehead atoms. The number of hydrogen-bond acceptors (Lipinski definition) is 5. The van der Waals surface area contributed by atoms with Gasteiger partial charge in [-0.05, 0) is 30.7 Å². The second-order valence-electron chi connectivity index (χ2n) is 5.81. The number of hydrogen-bond donors (Lipinski definition) is 2. The van der Waals surface area contributed by atoms with Crippen LogP contribution < -0.4 is 15.5 Å². The Morgan fingerprint density at radius 1 is 1.15 bits per heavy atom. The Balaban J connectivity index is 2.16. The number of fused-ring (bicyclic) bond motifs is 1. The SMILES string of the molecule is COCCNC(=O)C(=O)N/N=C\c1c(OC(C)C)ccc2ccccc12. The fourth-order valence-corrected chi connectivity index (χ4v) is 2.32. The van der Waals surface area contributed by atoms with Gasteiger partial charge in [-0.25, -0.2) is 5.43 Å². The molecule has 2 aromatic carbocycles. The molecule has 0 spiro atoms. The fraction of sp³-hybridized carbons (Fsp3) is 0.316. The van der Waals surface area contributed by atoms with Gasteiger partial charge in [0.25, 0.3) is 0 Å². The third kappa shape index (κ3) is 5.29. The first kappa shape index (κ1) is 19.4. The van der Waals surface area contributed by atoms with Crippen molar-refractivity contribution in [3.63, 3.8) is 0 Å². The first-order valence-corrected chi connectivity index (χ1v) is 8.31. The van der Waals surface area contributed by atoms with Crippen molar-refractivity contribution < 1.29 is 19.1 Å². The summed E-state index contributed by atoms with van der Waals surface area (Å²) in [6.45, 7) is 4.45. The number of rotatable bonds is 7. The average Bonchev–Trinajstić information content (AvgIpc) is 2.62. The van der Waals surface area contributed by atoms with Gasteiger partial charge in [0.05, 0.1) is 18.9 Å². The van der Waals surface area contributed by atoms with Crippen LogP contribution in [0.2, 0.25) is 0 Å². The first-order valence-electron chi connectivity index (χ1n) is 8.31. The molecule has 0 unspecified atom stereocenters. The van der Waals surface area contributed by atoms with Crippen molar-refractivity contribution in [3.8, 4) is 5.75 Å². The van der Waals surface area contributed by atoms with Gasteiger partial charge in [0.2, 0.25) is 0 Å². The summed E-state index contributed by atoms with van der Waals surface area (Å²) in [5.41, 5.74) is 2.96. The molecule has 2 rings (SSSR count). The molecule has 26 heavy (non-hydrogen) atoms. The van der Waals surface area contributed by atoms with E-state index < -0.39 is 11.8 Å². The number of nitrogens with one attached hydrogen (secondary N) is 2. The van der Waals surface area contributed by atoms with Gasteiger partial charge in [-0.1, -0.05) is 30.3 Å². The lowest BCUT2D eigenvalue weighted by Gasteiger charge is -2.14. The summed E-state index contributed by atoms with van der Waals surface area (Å²) in [5.74, 6) is -0.957. The van der Waals surface area contributed by atoms with Crippen LogP contribution in [0, 0.1) is 0 Å². The Bertz CT molecular complexity index is 802. The van der Waals surface area contributed by atoms with E-state index in [1.807, 2.05) is 50.2 Å². The number of benzene rings is 2. The van der Waals surface area contributed by atoms with Crippen LogP contribution >= 0.6 is 0 Å². The minimum atomic E-state index is -0.844. The maximum absolute atomic E-state index is 11.7. The van der Waals surface area contributed by atoms with Crippen molar-refractivity contribution in [2.45, 2.75) is 20.0 Å². The second kappa shape index (κ2) is 9.53. The van der Waals surface area contributed by atoms with Gasteiger partial charge in [-0.2, -0.15) is 5.10 Å². The van der Waals surface area contributed by atoms with Gasteiger partial charge < -0.3 is 14.8 Å².